The fourth-order valence-corrected chi connectivity index (χ4v) is 4.51. The Morgan fingerprint density at radius 3 is 2.68 bits per heavy atom. The molecule has 0 radical (unpaired) electrons. The monoisotopic (exact) mass is 509 g/mol. The number of ether oxygens (including phenoxy) is 2. The van der Waals surface area contributed by atoms with Gasteiger partial charge in [0.25, 0.3) is 0 Å². The second kappa shape index (κ2) is 9.42. The first-order valence-electron chi connectivity index (χ1n) is 10.7. The lowest BCUT2D eigenvalue weighted by atomic mass is 10.1. The molecular weight excluding hydrogens is 490 g/mol. The smallest absolute Gasteiger partial charge is 0.175 e. The van der Waals surface area contributed by atoms with Crippen molar-refractivity contribution >= 4 is 49.4 Å². The molecule has 0 fully saturated rings. The van der Waals surface area contributed by atoms with E-state index in [0.29, 0.717) is 29.5 Å². The number of rotatable bonds is 6. The van der Waals surface area contributed by atoms with Gasteiger partial charge in [-0.3, -0.25) is 0 Å². The molecule has 5 aromatic rings. The van der Waals surface area contributed by atoms with E-state index in [2.05, 4.69) is 56.2 Å². The SMILES string of the molecule is COc1cc(C=C(C#N)c2nc3ccccc3[nH]2)cc(Br)c1OCc1cccc2ccccc12. The molecule has 0 atom stereocenters. The molecule has 6 heteroatoms. The van der Waals surface area contributed by atoms with Crippen LogP contribution in [0.3, 0.4) is 0 Å². The van der Waals surface area contributed by atoms with Crippen molar-refractivity contribution in [2.45, 2.75) is 6.61 Å². The molecule has 1 N–H and O–H groups in total. The third-order valence-electron chi connectivity index (χ3n) is 5.58. The Morgan fingerprint density at radius 1 is 1.06 bits per heavy atom. The maximum Gasteiger partial charge on any atom is 0.175 e. The highest BCUT2D eigenvalue weighted by atomic mass is 79.9. The van der Waals surface area contributed by atoms with Crippen LogP contribution in [0.5, 0.6) is 11.5 Å². The fraction of sp³-hybridized carbons (Fsp3) is 0.0714. The van der Waals surface area contributed by atoms with Gasteiger partial charge >= 0.3 is 0 Å². The van der Waals surface area contributed by atoms with Gasteiger partial charge < -0.3 is 14.5 Å². The molecule has 0 aliphatic carbocycles. The number of halogens is 1. The van der Waals surface area contributed by atoms with Gasteiger partial charge in [0.2, 0.25) is 0 Å². The molecule has 0 saturated heterocycles. The highest BCUT2D eigenvalue weighted by Gasteiger charge is 2.14. The summed E-state index contributed by atoms with van der Waals surface area (Å²) in [6.45, 7) is 0.397. The molecule has 0 bridgehead atoms. The van der Waals surface area contributed by atoms with Gasteiger partial charge in [-0.25, -0.2) is 4.98 Å². The number of aromatic amines is 1. The number of imidazole rings is 1. The number of hydrogen-bond acceptors (Lipinski definition) is 4. The molecule has 5 nitrogen and oxygen atoms in total. The third-order valence-corrected chi connectivity index (χ3v) is 6.17. The molecular formula is C28H20BrN3O2. The zero-order chi connectivity index (χ0) is 23.5. The second-order valence-electron chi connectivity index (χ2n) is 7.73. The van der Waals surface area contributed by atoms with Gasteiger partial charge in [0, 0.05) is 0 Å². The molecule has 0 unspecified atom stereocenters. The van der Waals surface area contributed by atoms with Gasteiger partial charge in [-0.2, -0.15) is 5.26 Å². The van der Waals surface area contributed by atoms with Crippen molar-refractivity contribution in [2.24, 2.45) is 0 Å². The largest absolute Gasteiger partial charge is 0.493 e. The predicted molar refractivity (Wildman–Crippen MR) is 139 cm³/mol. The van der Waals surface area contributed by atoms with Gasteiger partial charge in [-0.05, 0) is 68.2 Å². The van der Waals surface area contributed by atoms with Gasteiger partial charge in [0.15, 0.2) is 11.5 Å². The highest BCUT2D eigenvalue weighted by molar-refractivity contribution is 9.10. The fourth-order valence-electron chi connectivity index (χ4n) is 3.93. The zero-order valence-corrected chi connectivity index (χ0v) is 20.0. The second-order valence-corrected chi connectivity index (χ2v) is 8.59. The third kappa shape index (κ3) is 4.26. The maximum absolute atomic E-state index is 9.77. The summed E-state index contributed by atoms with van der Waals surface area (Å²) in [5, 5.41) is 12.1. The van der Waals surface area contributed by atoms with E-state index in [0.717, 1.165) is 32.0 Å². The van der Waals surface area contributed by atoms with Gasteiger partial charge in [-0.15, -0.1) is 0 Å². The topological polar surface area (TPSA) is 70.9 Å². The average molecular weight is 510 g/mol. The molecule has 5 rings (SSSR count). The van der Waals surface area contributed by atoms with Crippen LogP contribution in [0.1, 0.15) is 17.0 Å². The number of hydrogen-bond donors (Lipinski definition) is 1. The molecule has 4 aromatic carbocycles. The summed E-state index contributed by atoms with van der Waals surface area (Å²) in [5.41, 5.74) is 4.00. The van der Waals surface area contributed by atoms with Crippen LogP contribution in [0.4, 0.5) is 0 Å². The molecule has 0 aliphatic heterocycles. The summed E-state index contributed by atoms with van der Waals surface area (Å²) < 4.78 is 12.5. The first-order valence-corrected chi connectivity index (χ1v) is 11.5. The number of methoxy groups -OCH3 is 1. The van der Waals surface area contributed by atoms with E-state index < -0.39 is 0 Å². The maximum atomic E-state index is 9.77. The molecule has 166 valence electrons. The van der Waals surface area contributed by atoms with Crippen molar-refractivity contribution in [1.82, 2.24) is 9.97 Å². The van der Waals surface area contributed by atoms with Gasteiger partial charge in [0.05, 0.1) is 28.2 Å². The predicted octanol–water partition coefficient (Wildman–Crippen LogP) is 7.13. The van der Waals surface area contributed by atoms with Crippen LogP contribution >= 0.6 is 15.9 Å². The van der Waals surface area contributed by atoms with Crippen LogP contribution in [0.25, 0.3) is 33.5 Å². The zero-order valence-electron chi connectivity index (χ0n) is 18.4. The number of nitriles is 1. The number of para-hydroxylation sites is 2. The lowest BCUT2D eigenvalue weighted by molar-refractivity contribution is 0.283. The van der Waals surface area contributed by atoms with Crippen molar-refractivity contribution in [3.8, 4) is 17.6 Å². The minimum Gasteiger partial charge on any atom is -0.493 e. The van der Waals surface area contributed by atoms with E-state index in [1.165, 1.54) is 5.39 Å². The summed E-state index contributed by atoms with van der Waals surface area (Å²) in [6, 6.07) is 28.1. The van der Waals surface area contributed by atoms with Gasteiger partial charge in [0.1, 0.15) is 18.5 Å². The number of allylic oxidation sites excluding steroid dienone is 1. The van der Waals surface area contributed by atoms with E-state index >= 15 is 0 Å². The summed E-state index contributed by atoms with van der Waals surface area (Å²) in [6.07, 6.45) is 1.78. The number of nitrogens with one attached hydrogen (secondary N) is 1. The Morgan fingerprint density at radius 2 is 1.85 bits per heavy atom. The minimum atomic E-state index is 0.397. The lowest BCUT2D eigenvalue weighted by Gasteiger charge is -2.15. The minimum absolute atomic E-state index is 0.397. The Hall–Kier alpha value is -4.08. The summed E-state index contributed by atoms with van der Waals surface area (Å²) in [4.78, 5) is 7.74. The first kappa shape index (κ1) is 21.7. The van der Waals surface area contributed by atoms with Crippen molar-refractivity contribution in [2.75, 3.05) is 7.11 Å². The van der Waals surface area contributed by atoms with E-state index in [9.17, 15) is 5.26 Å². The number of H-pyrrole nitrogens is 1. The number of aromatic nitrogens is 2. The Bertz CT molecular complexity index is 1540. The Balaban J connectivity index is 1.45. The average Bonchev–Trinajstić information content (AvgIpc) is 3.30. The Labute approximate surface area is 205 Å². The molecule has 1 aromatic heterocycles. The molecule has 0 saturated carbocycles. The van der Waals surface area contributed by atoms with E-state index in [1.807, 2.05) is 54.6 Å². The quantitative estimate of drug-likeness (QED) is 0.247. The summed E-state index contributed by atoms with van der Waals surface area (Å²) in [5.74, 6) is 1.70. The van der Waals surface area contributed by atoms with Crippen LogP contribution in [-0.2, 0) is 6.61 Å². The van der Waals surface area contributed by atoms with Crippen molar-refractivity contribution in [1.29, 1.82) is 5.26 Å². The number of nitrogens with zero attached hydrogens (tertiary/aromatic N) is 2. The summed E-state index contributed by atoms with van der Waals surface area (Å²) in [7, 11) is 1.60. The van der Waals surface area contributed by atoms with Crippen molar-refractivity contribution < 1.29 is 9.47 Å². The number of benzene rings is 4. The normalized spacial score (nSPS) is 11.5. The van der Waals surface area contributed by atoms with Crippen LogP contribution in [0.2, 0.25) is 0 Å². The highest BCUT2D eigenvalue weighted by Crippen LogP contribution is 2.38. The van der Waals surface area contributed by atoms with Crippen LogP contribution < -0.4 is 9.47 Å². The Kier molecular flexibility index (Phi) is 6.03. The van der Waals surface area contributed by atoms with Crippen LogP contribution in [0.15, 0.2) is 83.3 Å². The van der Waals surface area contributed by atoms with Crippen LogP contribution in [-0.4, -0.2) is 17.1 Å². The number of fused-ring (bicyclic) bond motifs is 2. The molecule has 0 aliphatic rings. The van der Waals surface area contributed by atoms with E-state index in [4.69, 9.17) is 9.47 Å². The van der Waals surface area contributed by atoms with Crippen LogP contribution in [0, 0.1) is 11.3 Å². The molecule has 1 heterocycles. The molecule has 34 heavy (non-hydrogen) atoms. The first-order chi connectivity index (χ1) is 16.7. The van der Waals surface area contributed by atoms with Gasteiger partial charge in [-0.1, -0.05) is 54.6 Å². The van der Waals surface area contributed by atoms with E-state index in [-0.39, 0.29) is 0 Å². The molecule has 0 amide bonds. The van der Waals surface area contributed by atoms with E-state index in [1.54, 1.807) is 13.2 Å². The standard InChI is InChI=1S/C28H20BrN3O2/c1-33-26-15-18(13-21(16-30)28-31-24-11-4-5-12-25(24)32-28)14-23(29)27(26)34-17-20-9-6-8-19-7-2-3-10-22(19)20/h2-15H,17H2,1H3,(H,31,32). The summed E-state index contributed by atoms with van der Waals surface area (Å²) >= 11 is 3.62. The van der Waals surface area contributed by atoms with Crippen molar-refractivity contribution in [3.05, 3.63) is 100 Å². The van der Waals surface area contributed by atoms with Crippen molar-refractivity contribution in [3.63, 3.8) is 0 Å². The molecule has 0 spiro atoms. The lowest BCUT2D eigenvalue weighted by Crippen LogP contribution is -2.00.